The number of rotatable bonds is 3. The fraction of sp³-hybridized carbons (Fsp3) is 0.571. The lowest BCUT2D eigenvalue weighted by molar-refractivity contribution is -0.155. The zero-order valence-corrected chi connectivity index (χ0v) is 16.3. The van der Waals surface area contributed by atoms with Crippen LogP contribution in [0.25, 0.3) is 10.9 Å². The minimum atomic E-state index is -0.322. The molecule has 0 saturated heterocycles. The third-order valence-corrected chi connectivity index (χ3v) is 7.28. The highest BCUT2D eigenvalue weighted by Crippen LogP contribution is 2.64. The number of fused-ring (bicyclic) bond motifs is 1. The Balaban J connectivity index is 1.41. The van der Waals surface area contributed by atoms with E-state index in [4.69, 9.17) is 11.6 Å². The molecule has 1 aromatic heterocycles. The molecule has 4 fully saturated rings. The summed E-state index contributed by atoms with van der Waals surface area (Å²) < 4.78 is 0. The number of carbonyl (C=O) groups excluding carboxylic acids is 1. The standard InChI is InChI=1S/C21H24ClN3O2/c1-25(11-17-23-16-5-3-2-4-15(16)18(26)24-17)19(27)20-7-13-6-14(8-20)10-21(22,9-13)12-20/h2-5,13-14H,6-12H2,1H3,(H,23,24,26)/t13-,14-,20?,21?/m0/s1. The molecule has 1 aromatic carbocycles. The molecule has 142 valence electrons. The maximum Gasteiger partial charge on any atom is 0.258 e. The van der Waals surface area contributed by atoms with Gasteiger partial charge in [0.25, 0.3) is 5.56 Å². The molecule has 2 atom stereocenters. The van der Waals surface area contributed by atoms with E-state index in [1.54, 1.807) is 11.0 Å². The normalized spacial score (nSPS) is 34.1. The van der Waals surface area contributed by atoms with E-state index in [1.165, 1.54) is 6.42 Å². The van der Waals surface area contributed by atoms with Crippen molar-refractivity contribution in [1.29, 1.82) is 0 Å². The highest BCUT2D eigenvalue weighted by atomic mass is 35.5. The van der Waals surface area contributed by atoms with Crippen molar-refractivity contribution in [2.75, 3.05) is 7.05 Å². The number of benzene rings is 1. The first-order valence-electron chi connectivity index (χ1n) is 9.78. The van der Waals surface area contributed by atoms with Crippen LogP contribution >= 0.6 is 11.6 Å². The highest BCUT2D eigenvalue weighted by Gasteiger charge is 2.60. The molecule has 4 aliphatic carbocycles. The largest absolute Gasteiger partial charge is 0.338 e. The van der Waals surface area contributed by atoms with Gasteiger partial charge in [0, 0.05) is 11.9 Å². The molecule has 2 aromatic rings. The Kier molecular flexibility index (Phi) is 3.71. The number of alkyl halides is 1. The van der Waals surface area contributed by atoms with E-state index in [9.17, 15) is 9.59 Å². The molecule has 4 bridgehead atoms. The van der Waals surface area contributed by atoms with E-state index < -0.39 is 0 Å². The lowest BCUT2D eigenvalue weighted by atomic mass is 9.49. The molecule has 27 heavy (non-hydrogen) atoms. The Bertz CT molecular complexity index is 971. The molecule has 0 radical (unpaired) electrons. The van der Waals surface area contributed by atoms with Crippen LogP contribution < -0.4 is 5.56 Å². The highest BCUT2D eigenvalue weighted by molar-refractivity contribution is 6.24. The third kappa shape index (κ3) is 2.78. The van der Waals surface area contributed by atoms with E-state index in [1.807, 2.05) is 25.2 Å². The van der Waals surface area contributed by atoms with Gasteiger partial charge in [-0.1, -0.05) is 12.1 Å². The molecular formula is C21H24ClN3O2. The van der Waals surface area contributed by atoms with Crippen LogP contribution in [0.3, 0.4) is 0 Å². The van der Waals surface area contributed by atoms with Crippen molar-refractivity contribution in [2.24, 2.45) is 17.3 Å². The SMILES string of the molecule is CN(Cc1nc2ccccc2c(=O)[nH]1)C(=O)C12C[C@@H]3C[C@H](CC(Cl)(C3)C1)C2. The Morgan fingerprint density at radius 3 is 2.67 bits per heavy atom. The second-order valence-corrected chi connectivity index (χ2v) is 9.89. The number of hydrogen-bond donors (Lipinski definition) is 1. The first-order chi connectivity index (χ1) is 12.9. The number of nitrogens with zero attached hydrogens (tertiary/aromatic N) is 2. The molecule has 6 rings (SSSR count). The summed E-state index contributed by atoms with van der Waals surface area (Å²) in [5.74, 6) is 1.86. The molecule has 1 amide bonds. The molecule has 4 aliphatic rings. The number of carbonyl (C=O) groups is 1. The average Bonchev–Trinajstić information content (AvgIpc) is 2.59. The number of aromatic nitrogens is 2. The lowest BCUT2D eigenvalue weighted by Crippen LogP contribution is -2.58. The van der Waals surface area contributed by atoms with Crippen molar-refractivity contribution in [3.63, 3.8) is 0 Å². The van der Waals surface area contributed by atoms with Crippen molar-refractivity contribution in [3.05, 3.63) is 40.4 Å². The minimum Gasteiger partial charge on any atom is -0.338 e. The van der Waals surface area contributed by atoms with E-state index in [-0.39, 0.29) is 21.8 Å². The molecule has 1 N–H and O–H groups in total. The summed E-state index contributed by atoms with van der Waals surface area (Å²) in [5.41, 5.74) is 0.176. The zero-order valence-electron chi connectivity index (χ0n) is 15.5. The molecular weight excluding hydrogens is 362 g/mol. The van der Waals surface area contributed by atoms with Crippen molar-refractivity contribution in [3.8, 4) is 0 Å². The maximum absolute atomic E-state index is 13.4. The summed E-state index contributed by atoms with van der Waals surface area (Å²) in [7, 11) is 1.82. The van der Waals surface area contributed by atoms with Crippen molar-refractivity contribution >= 4 is 28.4 Å². The van der Waals surface area contributed by atoms with Gasteiger partial charge < -0.3 is 9.88 Å². The van der Waals surface area contributed by atoms with Gasteiger partial charge in [0.1, 0.15) is 5.82 Å². The second kappa shape index (κ2) is 5.81. The fourth-order valence-corrected chi connectivity index (χ4v) is 7.00. The molecule has 6 heteroatoms. The van der Waals surface area contributed by atoms with Gasteiger partial charge in [-0.05, 0) is 62.5 Å². The van der Waals surface area contributed by atoms with Gasteiger partial charge in [-0.3, -0.25) is 9.59 Å². The van der Waals surface area contributed by atoms with Gasteiger partial charge in [0.2, 0.25) is 5.91 Å². The van der Waals surface area contributed by atoms with Crippen LogP contribution in [0.1, 0.15) is 44.3 Å². The summed E-state index contributed by atoms with van der Waals surface area (Å²) in [6.45, 7) is 0.311. The van der Waals surface area contributed by atoms with E-state index in [0.717, 1.165) is 32.1 Å². The first-order valence-corrected chi connectivity index (χ1v) is 10.2. The summed E-state index contributed by atoms with van der Waals surface area (Å²) in [5, 5.41) is 0.570. The molecule has 0 spiro atoms. The van der Waals surface area contributed by atoms with Crippen LogP contribution in [0.4, 0.5) is 0 Å². The van der Waals surface area contributed by atoms with Crippen LogP contribution in [0.15, 0.2) is 29.1 Å². The summed E-state index contributed by atoms with van der Waals surface area (Å²) in [6, 6.07) is 7.27. The number of amides is 1. The predicted octanol–water partition coefficient (Wildman–Crippen LogP) is 3.46. The Morgan fingerprint density at radius 2 is 1.96 bits per heavy atom. The number of H-pyrrole nitrogens is 1. The van der Waals surface area contributed by atoms with Gasteiger partial charge in [0.05, 0.1) is 22.9 Å². The van der Waals surface area contributed by atoms with E-state index >= 15 is 0 Å². The molecule has 0 aliphatic heterocycles. The number of hydrogen-bond acceptors (Lipinski definition) is 3. The maximum atomic E-state index is 13.4. The monoisotopic (exact) mass is 385 g/mol. The second-order valence-electron chi connectivity index (χ2n) is 9.08. The smallest absolute Gasteiger partial charge is 0.258 e. The van der Waals surface area contributed by atoms with Gasteiger partial charge in [-0.2, -0.15) is 0 Å². The number of aromatic amines is 1. The quantitative estimate of drug-likeness (QED) is 0.823. The Labute approximate surface area is 163 Å². The summed E-state index contributed by atoms with van der Waals surface area (Å²) in [6.07, 6.45) is 6.06. The van der Waals surface area contributed by atoms with Gasteiger partial charge >= 0.3 is 0 Å². The minimum absolute atomic E-state index is 0.161. The molecule has 4 saturated carbocycles. The summed E-state index contributed by atoms with van der Waals surface area (Å²) in [4.78, 5) is 34.7. The third-order valence-electron chi connectivity index (χ3n) is 6.84. The summed E-state index contributed by atoms with van der Waals surface area (Å²) >= 11 is 6.88. The van der Waals surface area contributed by atoms with E-state index in [0.29, 0.717) is 35.1 Å². The molecule has 1 heterocycles. The van der Waals surface area contributed by atoms with Crippen molar-refractivity contribution < 1.29 is 4.79 Å². The Hall–Kier alpha value is -1.88. The Morgan fingerprint density at radius 1 is 1.26 bits per heavy atom. The van der Waals surface area contributed by atoms with Crippen LogP contribution in [0, 0.1) is 17.3 Å². The van der Waals surface area contributed by atoms with E-state index in [2.05, 4.69) is 9.97 Å². The van der Waals surface area contributed by atoms with Crippen LogP contribution in [0.2, 0.25) is 0 Å². The van der Waals surface area contributed by atoms with Crippen LogP contribution in [0.5, 0.6) is 0 Å². The van der Waals surface area contributed by atoms with Crippen LogP contribution in [-0.4, -0.2) is 32.7 Å². The lowest BCUT2D eigenvalue weighted by Gasteiger charge is -2.59. The average molecular weight is 386 g/mol. The predicted molar refractivity (Wildman–Crippen MR) is 105 cm³/mol. The van der Waals surface area contributed by atoms with Gasteiger partial charge in [-0.15, -0.1) is 11.6 Å². The fourth-order valence-electron chi connectivity index (χ4n) is 6.31. The van der Waals surface area contributed by atoms with Crippen molar-refractivity contribution in [1.82, 2.24) is 14.9 Å². The molecule has 0 unspecified atom stereocenters. The topological polar surface area (TPSA) is 66.1 Å². The van der Waals surface area contributed by atoms with Gasteiger partial charge in [0.15, 0.2) is 0 Å². The number of nitrogens with one attached hydrogen (secondary N) is 1. The number of halogens is 1. The first kappa shape index (κ1) is 17.2. The van der Waals surface area contributed by atoms with Crippen LogP contribution in [-0.2, 0) is 11.3 Å². The number of para-hydroxylation sites is 1. The van der Waals surface area contributed by atoms with Crippen molar-refractivity contribution in [2.45, 2.75) is 49.9 Å². The zero-order chi connectivity index (χ0) is 18.8. The molecule has 5 nitrogen and oxygen atoms in total. The van der Waals surface area contributed by atoms with Gasteiger partial charge in [-0.25, -0.2) is 4.98 Å².